The molecule has 0 bridgehead atoms. The van der Waals surface area contributed by atoms with Crippen molar-refractivity contribution in [2.24, 2.45) is 0 Å². The summed E-state index contributed by atoms with van der Waals surface area (Å²) in [6.07, 6.45) is -4.96. The van der Waals surface area contributed by atoms with Gasteiger partial charge < -0.3 is 24.4 Å². The molecule has 3 N–H and O–H groups in total. The number of ether oxygens (including phenoxy) is 3. The van der Waals surface area contributed by atoms with Crippen LogP contribution in [0.5, 0.6) is 11.5 Å². The lowest BCUT2D eigenvalue weighted by Gasteiger charge is -2.30. The molecule has 25 heavy (non-hydrogen) atoms. The van der Waals surface area contributed by atoms with E-state index in [0.29, 0.717) is 19.8 Å². The highest BCUT2D eigenvalue weighted by atomic mass is 19.4. The van der Waals surface area contributed by atoms with Crippen LogP contribution >= 0.6 is 0 Å². The quantitative estimate of drug-likeness (QED) is 0.699. The Labute approximate surface area is 142 Å². The Morgan fingerprint density at radius 3 is 2.32 bits per heavy atom. The van der Waals surface area contributed by atoms with Gasteiger partial charge in [0, 0.05) is 0 Å². The Bertz CT molecular complexity index is 595. The van der Waals surface area contributed by atoms with Gasteiger partial charge in [-0.2, -0.15) is 13.2 Å². The lowest BCUT2D eigenvalue weighted by atomic mass is 10.3. The SMILES string of the molecule is O=C(NCC[NH+]1CCOCC1)NC1(C(F)(F)F)Oc2ccccc2O1. The fourth-order valence-corrected chi connectivity index (χ4v) is 2.64. The van der Waals surface area contributed by atoms with Gasteiger partial charge in [0.15, 0.2) is 11.5 Å². The lowest BCUT2D eigenvalue weighted by molar-refractivity contribution is -0.906. The molecule has 0 aliphatic carbocycles. The number of hydrogen-bond donors (Lipinski definition) is 3. The van der Waals surface area contributed by atoms with Gasteiger partial charge in [-0.25, -0.2) is 4.79 Å². The molecule has 1 saturated heterocycles. The molecule has 2 aliphatic heterocycles. The van der Waals surface area contributed by atoms with E-state index in [0.717, 1.165) is 13.1 Å². The van der Waals surface area contributed by atoms with Crippen molar-refractivity contribution in [3.63, 3.8) is 0 Å². The van der Waals surface area contributed by atoms with Gasteiger partial charge in [0.25, 0.3) is 0 Å². The number of alkyl halides is 3. The number of carbonyl (C=O) groups excluding carboxylic acids is 1. The summed E-state index contributed by atoms with van der Waals surface area (Å²) in [6.45, 7) is 3.70. The molecule has 0 radical (unpaired) electrons. The number of fused-ring (bicyclic) bond motifs is 1. The van der Waals surface area contributed by atoms with Gasteiger partial charge in [0.05, 0.1) is 26.3 Å². The number of rotatable bonds is 4. The molecule has 1 fully saturated rings. The van der Waals surface area contributed by atoms with Crippen molar-refractivity contribution in [3.8, 4) is 11.5 Å². The number of quaternary nitrogens is 1. The third-order valence-corrected chi connectivity index (χ3v) is 3.97. The number of carbonyl (C=O) groups is 1. The van der Waals surface area contributed by atoms with Gasteiger partial charge in [0.2, 0.25) is 0 Å². The van der Waals surface area contributed by atoms with Crippen molar-refractivity contribution in [1.29, 1.82) is 0 Å². The van der Waals surface area contributed by atoms with Crippen LogP contribution in [0.25, 0.3) is 0 Å². The maximum Gasteiger partial charge on any atom is 0.492 e. The number of nitrogens with one attached hydrogen (secondary N) is 3. The number of halogens is 3. The minimum Gasteiger partial charge on any atom is -0.424 e. The van der Waals surface area contributed by atoms with Crippen LogP contribution in [0.3, 0.4) is 0 Å². The van der Waals surface area contributed by atoms with Gasteiger partial charge in [-0.15, -0.1) is 0 Å². The van der Waals surface area contributed by atoms with Crippen LogP contribution in [0.2, 0.25) is 0 Å². The zero-order chi connectivity index (χ0) is 17.9. The number of urea groups is 1. The molecule has 1 aromatic rings. The Morgan fingerprint density at radius 2 is 1.76 bits per heavy atom. The van der Waals surface area contributed by atoms with Gasteiger partial charge in [0.1, 0.15) is 13.1 Å². The Hall–Kier alpha value is -2.20. The summed E-state index contributed by atoms with van der Waals surface area (Å²) in [6, 6.07) is 4.69. The Kier molecular flexibility index (Phi) is 4.91. The summed E-state index contributed by atoms with van der Waals surface area (Å²) in [7, 11) is 0. The molecular weight excluding hydrogens is 343 g/mol. The first-order valence-electron chi connectivity index (χ1n) is 7.91. The van der Waals surface area contributed by atoms with E-state index in [4.69, 9.17) is 14.2 Å². The van der Waals surface area contributed by atoms with E-state index >= 15 is 0 Å². The summed E-state index contributed by atoms with van der Waals surface area (Å²) in [5, 5.41) is 4.17. The minimum absolute atomic E-state index is 0.0853. The topological polar surface area (TPSA) is 73.3 Å². The summed E-state index contributed by atoms with van der Waals surface area (Å²) < 4.78 is 55.3. The first kappa shape index (κ1) is 17.6. The maximum absolute atomic E-state index is 13.4. The molecule has 10 heteroatoms. The predicted molar refractivity (Wildman–Crippen MR) is 79.4 cm³/mol. The molecule has 7 nitrogen and oxygen atoms in total. The molecule has 2 heterocycles. The summed E-state index contributed by atoms with van der Waals surface area (Å²) in [5.74, 6) is -3.40. The van der Waals surface area contributed by atoms with E-state index in [-0.39, 0.29) is 18.0 Å². The number of para-hydroxylation sites is 2. The monoisotopic (exact) mass is 362 g/mol. The normalized spacial score (nSPS) is 19.5. The van der Waals surface area contributed by atoms with E-state index in [9.17, 15) is 18.0 Å². The van der Waals surface area contributed by atoms with Crippen molar-refractivity contribution < 1.29 is 37.1 Å². The first-order chi connectivity index (χ1) is 11.9. The minimum atomic E-state index is -4.96. The van der Waals surface area contributed by atoms with E-state index in [1.807, 2.05) is 0 Å². The molecule has 0 spiro atoms. The highest BCUT2D eigenvalue weighted by Crippen LogP contribution is 2.44. The molecule has 2 aliphatic rings. The summed E-state index contributed by atoms with van der Waals surface area (Å²) in [4.78, 5) is 13.1. The first-order valence-corrected chi connectivity index (χ1v) is 7.91. The largest absolute Gasteiger partial charge is 0.492 e. The number of morpholine rings is 1. The third-order valence-electron chi connectivity index (χ3n) is 3.97. The van der Waals surface area contributed by atoms with Gasteiger partial charge in [-0.3, -0.25) is 5.32 Å². The predicted octanol–water partition coefficient (Wildman–Crippen LogP) is -0.112. The van der Waals surface area contributed by atoms with Crippen LogP contribution in [-0.4, -0.2) is 57.5 Å². The number of benzene rings is 1. The molecule has 0 saturated carbocycles. The average molecular weight is 362 g/mol. The third kappa shape index (κ3) is 3.90. The van der Waals surface area contributed by atoms with Crippen LogP contribution in [0, 0.1) is 0 Å². The molecule has 3 rings (SSSR count). The van der Waals surface area contributed by atoms with Crippen LogP contribution in [-0.2, 0) is 4.74 Å². The Morgan fingerprint density at radius 1 is 1.16 bits per heavy atom. The van der Waals surface area contributed by atoms with Crippen molar-refractivity contribution in [3.05, 3.63) is 24.3 Å². The lowest BCUT2D eigenvalue weighted by Crippen LogP contribution is -3.14. The second-order valence-corrected chi connectivity index (χ2v) is 5.76. The number of hydrogen-bond acceptors (Lipinski definition) is 4. The highest BCUT2D eigenvalue weighted by Gasteiger charge is 2.65. The highest BCUT2D eigenvalue weighted by molar-refractivity contribution is 5.74. The fraction of sp³-hybridized carbons (Fsp3) is 0.533. The smallest absolute Gasteiger partial charge is 0.424 e. The van der Waals surface area contributed by atoms with Crippen LogP contribution in [0.4, 0.5) is 18.0 Å². The molecule has 0 unspecified atom stereocenters. The average Bonchev–Trinajstić information content (AvgIpc) is 2.95. The van der Waals surface area contributed by atoms with Gasteiger partial charge >= 0.3 is 18.1 Å². The zero-order valence-electron chi connectivity index (χ0n) is 13.3. The van der Waals surface area contributed by atoms with E-state index in [2.05, 4.69) is 5.32 Å². The fourth-order valence-electron chi connectivity index (χ4n) is 2.64. The van der Waals surface area contributed by atoms with Crippen LogP contribution in [0.15, 0.2) is 24.3 Å². The van der Waals surface area contributed by atoms with E-state index in [1.54, 1.807) is 5.32 Å². The van der Waals surface area contributed by atoms with Gasteiger partial charge in [-0.05, 0) is 12.1 Å². The zero-order valence-corrected chi connectivity index (χ0v) is 13.3. The molecule has 138 valence electrons. The molecule has 0 aromatic heterocycles. The van der Waals surface area contributed by atoms with Crippen LogP contribution < -0.4 is 25.0 Å². The van der Waals surface area contributed by atoms with Crippen molar-refractivity contribution in [1.82, 2.24) is 10.6 Å². The Balaban J connectivity index is 1.57. The standard InChI is InChI=1S/C15H18F3N3O4/c16-14(17,18)15(24-11-3-1-2-4-12(11)25-15)20-13(22)19-5-6-21-7-9-23-10-8-21/h1-4H,5-10H2,(H2,19,20,22)/p+1. The van der Waals surface area contributed by atoms with Crippen LogP contribution in [0.1, 0.15) is 0 Å². The molecular formula is C15H19F3N3O4+. The number of amides is 2. The molecule has 2 amide bonds. The second-order valence-electron chi connectivity index (χ2n) is 5.76. The van der Waals surface area contributed by atoms with Crippen molar-refractivity contribution >= 4 is 6.03 Å². The maximum atomic E-state index is 13.4. The van der Waals surface area contributed by atoms with Crippen molar-refractivity contribution in [2.75, 3.05) is 39.4 Å². The summed E-state index contributed by atoms with van der Waals surface area (Å²) >= 11 is 0. The van der Waals surface area contributed by atoms with E-state index in [1.165, 1.54) is 29.2 Å². The second kappa shape index (κ2) is 6.96. The molecule has 1 aromatic carbocycles. The summed E-state index contributed by atoms with van der Waals surface area (Å²) in [5.41, 5.74) is 0. The van der Waals surface area contributed by atoms with E-state index < -0.39 is 18.1 Å². The van der Waals surface area contributed by atoms with Gasteiger partial charge in [-0.1, -0.05) is 12.1 Å². The van der Waals surface area contributed by atoms with Crippen molar-refractivity contribution in [2.45, 2.75) is 12.1 Å². The molecule has 0 atom stereocenters.